The summed E-state index contributed by atoms with van der Waals surface area (Å²) >= 11 is 16.2. The van der Waals surface area contributed by atoms with Gasteiger partial charge in [-0.05, 0) is 77.0 Å². The summed E-state index contributed by atoms with van der Waals surface area (Å²) in [6.45, 7) is 2.12. The molecular formula is C27H22BrClN2O5S2. The van der Waals surface area contributed by atoms with Crippen molar-refractivity contribution in [2.24, 2.45) is 0 Å². The van der Waals surface area contributed by atoms with E-state index in [1.165, 1.54) is 23.8 Å². The predicted octanol–water partition coefficient (Wildman–Crippen LogP) is 6.93. The highest BCUT2D eigenvalue weighted by atomic mass is 79.9. The van der Waals surface area contributed by atoms with E-state index in [2.05, 4.69) is 21.2 Å². The number of thioether (sulfide) groups is 1. The summed E-state index contributed by atoms with van der Waals surface area (Å²) in [6.07, 6.45) is 1.73. The maximum absolute atomic E-state index is 13.1. The van der Waals surface area contributed by atoms with Gasteiger partial charge in [-0.3, -0.25) is 14.5 Å². The second-order valence-corrected chi connectivity index (χ2v) is 10.7. The van der Waals surface area contributed by atoms with E-state index >= 15 is 0 Å². The number of ether oxygens (including phenoxy) is 3. The van der Waals surface area contributed by atoms with Crippen molar-refractivity contribution in [2.45, 2.75) is 6.92 Å². The average Bonchev–Trinajstić information content (AvgIpc) is 3.18. The van der Waals surface area contributed by atoms with Gasteiger partial charge < -0.3 is 19.5 Å². The number of amides is 2. The molecule has 0 unspecified atom stereocenters. The molecular weight excluding hydrogens is 612 g/mol. The van der Waals surface area contributed by atoms with Crippen LogP contribution in [0.3, 0.4) is 0 Å². The van der Waals surface area contributed by atoms with Crippen molar-refractivity contribution in [2.75, 3.05) is 30.5 Å². The van der Waals surface area contributed by atoms with Crippen molar-refractivity contribution < 1.29 is 23.8 Å². The smallest absolute Gasteiger partial charge is 0.270 e. The minimum atomic E-state index is -0.347. The zero-order valence-corrected chi connectivity index (χ0v) is 24.3. The van der Waals surface area contributed by atoms with Crippen LogP contribution in [0.4, 0.5) is 11.4 Å². The van der Waals surface area contributed by atoms with Crippen LogP contribution in [-0.2, 0) is 9.59 Å². The van der Waals surface area contributed by atoms with Crippen molar-refractivity contribution in [1.29, 1.82) is 0 Å². The van der Waals surface area contributed by atoms with E-state index in [1.54, 1.807) is 54.6 Å². The second kappa shape index (κ2) is 12.7. The van der Waals surface area contributed by atoms with Crippen LogP contribution in [-0.4, -0.2) is 36.5 Å². The van der Waals surface area contributed by atoms with Crippen molar-refractivity contribution in [1.82, 2.24) is 0 Å². The summed E-state index contributed by atoms with van der Waals surface area (Å²) in [5.41, 5.74) is 1.86. The standard InChI is InChI=1S/C27H22BrClN2O5S2/c1-3-35-21-7-5-4-6-20(21)30-25(32)15-36-22-11-8-16(12-23(22)34-2)13-24-26(33)31(27(37)38-24)17-9-10-18(28)19(29)14-17/h4-14H,3,15H2,1-2H3,(H,30,32)/b24-13+. The largest absolute Gasteiger partial charge is 0.493 e. The van der Waals surface area contributed by atoms with Crippen molar-refractivity contribution >= 4 is 85.1 Å². The Bertz CT molecular complexity index is 1430. The lowest BCUT2D eigenvalue weighted by Crippen LogP contribution is -2.27. The third-order valence-electron chi connectivity index (χ3n) is 5.26. The molecule has 196 valence electrons. The highest BCUT2D eigenvalue weighted by Crippen LogP contribution is 2.39. The van der Waals surface area contributed by atoms with E-state index < -0.39 is 0 Å². The molecule has 1 N–H and O–H groups in total. The SMILES string of the molecule is CCOc1ccccc1NC(=O)COc1ccc(/C=C2/SC(=S)N(c3ccc(Br)c(Cl)c3)C2=O)cc1OC. The number of anilines is 2. The number of rotatable bonds is 9. The zero-order valence-electron chi connectivity index (χ0n) is 20.3. The Labute approximate surface area is 243 Å². The molecule has 3 aromatic carbocycles. The molecule has 4 rings (SSSR count). The third-order valence-corrected chi connectivity index (χ3v) is 7.79. The highest BCUT2D eigenvalue weighted by molar-refractivity contribution is 9.10. The van der Waals surface area contributed by atoms with E-state index in [0.29, 0.717) is 55.0 Å². The van der Waals surface area contributed by atoms with Gasteiger partial charge in [-0.25, -0.2) is 0 Å². The molecule has 0 saturated carbocycles. The lowest BCUT2D eigenvalue weighted by Gasteiger charge is -2.15. The fourth-order valence-corrected chi connectivity index (χ4v) is 5.26. The number of thiocarbonyl (C=S) groups is 1. The Morgan fingerprint density at radius 3 is 2.63 bits per heavy atom. The van der Waals surface area contributed by atoms with E-state index in [0.717, 1.165) is 4.47 Å². The molecule has 1 aliphatic heterocycles. The van der Waals surface area contributed by atoms with Crippen molar-refractivity contribution in [3.63, 3.8) is 0 Å². The minimum Gasteiger partial charge on any atom is -0.493 e. The maximum Gasteiger partial charge on any atom is 0.270 e. The van der Waals surface area contributed by atoms with Gasteiger partial charge in [0.2, 0.25) is 0 Å². The predicted molar refractivity (Wildman–Crippen MR) is 160 cm³/mol. The zero-order chi connectivity index (χ0) is 27.2. The Balaban J connectivity index is 1.45. The van der Waals surface area contributed by atoms with Crippen LogP contribution in [0.15, 0.2) is 70.0 Å². The number of methoxy groups -OCH3 is 1. The van der Waals surface area contributed by atoms with Crippen molar-refractivity contribution in [3.8, 4) is 17.2 Å². The number of para-hydroxylation sites is 2. The van der Waals surface area contributed by atoms with Gasteiger partial charge in [0.15, 0.2) is 22.4 Å². The molecule has 3 aromatic rings. The molecule has 0 bridgehead atoms. The van der Waals surface area contributed by atoms with Gasteiger partial charge in [0.05, 0.1) is 35.0 Å². The molecule has 0 atom stereocenters. The molecule has 1 saturated heterocycles. The van der Waals surface area contributed by atoms with E-state index in [4.69, 9.17) is 38.0 Å². The molecule has 0 spiro atoms. The monoisotopic (exact) mass is 632 g/mol. The number of carbonyl (C=O) groups is 2. The number of halogens is 2. The summed E-state index contributed by atoms with van der Waals surface area (Å²) < 4.78 is 17.8. The number of hydrogen-bond acceptors (Lipinski definition) is 7. The van der Waals surface area contributed by atoms with Gasteiger partial charge in [0.25, 0.3) is 11.8 Å². The first-order chi connectivity index (χ1) is 18.3. The Morgan fingerprint density at radius 1 is 1.11 bits per heavy atom. The van der Waals surface area contributed by atoms with Gasteiger partial charge in [0.1, 0.15) is 5.75 Å². The fraction of sp³-hybridized carbons (Fsp3) is 0.148. The summed E-state index contributed by atoms with van der Waals surface area (Å²) in [5.74, 6) is 0.784. The number of nitrogens with zero attached hydrogens (tertiary/aromatic N) is 1. The Kier molecular flexibility index (Phi) is 9.32. The molecule has 0 aromatic heterocycles. The van der Waals surface area contributed by atoms with E-state index in [9.17, 15) is 9.59 Å². The van der Waals surface area contributed by atoms with Crippen LogP contribution < -0.4 is 24.4 Å². The van der Waals surface area contributed by atoms with Crippen LogP contribution in [0.2, 0.25) is 5.02 Å². The highest BCUT2D eigenvalue weighted by Gasteiger charge is 2.33. The molecule has 7 nitrogen and oxygen atoms in total. The van der Waals surface area contributed by atoms with Gasteiger partial charge in [-0.2, -0.15) is 0 Å². The number of benzene rings is 3. The van der Waals surface area contributed by atoms with Gasteiger partial charge in [0, 0.05) is 4.47 Å². The minimum absolute atomic E-state index is 0.232. The summed E-state index contributed by atoms with van der Waals surface area (Å²) in [6, 6.07) is 17.6. The Morgan fingerprint density at radius 2 is 1.89 bits per heavy atom. The van der Waals surface area contributed by atoms with Gasteiger partial charge in [-0.1, -0.05) is 53.8 Å². The number of carbonyl (C=O) groups excluding carboxylic acids is 2. The van der Waals surface area contributed by atoms with E-state index in [1.807, 2.05) is 19.1 Å². The maximum atomic E-state index is 13.1. The molecule has 1 heterocycles. The molecule has 0 radical (unpaired) electrons. The molecule has 1 aliphatic rings. The summed E-state index contributed by atoms with van der Waals surface area (Å²) in [5, 5.41) is 3.27. The first-order valence-electron chi connectivity index (χ1n) is 11.4. The first kappa shape index (κ1) is 28.0. The molecule has 38 heavy (non-hydrogen) atoms. The van der Waals surface area contributed by atoms with E-state index in [-0.39, 0.29) is 18.4 Å². The van der Waals surface area contributed by atoms with Gasteiger partial charge >= 0.3 is 0 Å². The van der Waals surface area contributed by atoms with Gasteiger partial charge in [-0.15, -0.1) is 0 Å². The van der Waals surface area contributed by atoms with Crippen LogP contribution in [0.5, 0.6) is 17.2 Å². The number of nitrogens with one attached hydrogen (secondary N) is 1. The second-order valence-electron chi connectivity index (χ2n) is 7.79. The normalized spacial score (nSPS) is 14.1. The lowest BCUT2D eigenvalue weighted by atomic mass is 10.2. The summed E-state index contributed by atoms with van der Waals surface area (Å²) in [4.78, 5) is 27.5. The average molecular weight is 634 g/mol. The molecule has 11 heteroatoms. The quantitative estimate of drug-likeness (QED) is 0.202. The van der Waals surface area contributed by atoms with Crippen LogP contribution in [0.25, 0.3) is 6.08 Å². The molecule has 1 fully saturated rings. The number of hydrogen-bond donors (Lipinski definition) is 1. The summed E-state index contributed by atoms with van der Waals surface area (Å²) in [7, 11) is 1.50. The van der Waals surface area contributed by atoms with Crippen LogP contribution >= 0.6 is 51.5 Å². The Hall–Kier alpha value is -3.05. The van der Waals surface area contributed by atoms with Crippen molar-refractivity contribution in [3.05, 3.63) is 80.6 Å². The molecule has 2 amide bonds. The fourth-order valence-electron chi connectivity index (χ4n) is 3.54. The van der Waals surface area contributed by atoms with Crippen LogP contribution in [0.1, 0.15) is 12.5 Å². The molecule has 0 aliphatic carbocycles. The topological polar surface area (TPSA) is 77.1 Å². The lowest BCUT2D eigenvalue weighted by molar-refractivity contribution is -0.118. The first-order valence-corrected chi connectivity index (χ1v) is 13.8. The third kappa shape index (κ3) is 6.50. The van der Waals surface area contributed by atoms with Crippen LogP contribution in [0, 0.1) is 0 Å².